The molecule has 1 aliphatic carbocycles. The Morgan fingerprint density at radius 2 is 2.11 bits per heavy atom. The summed E-state index contributed by atoms with van der Waals surface area (Å²) >= 11 is 0. The van der Waals surface area contributed by atoms with Crippen LogP contribution in [0.3, 0.4) is 0 Å². The lowest BCUT2D eigenvalue weighted by Crippen LogP contribution is -2.39. The summed E-state index contributed by atoms with van der Waals surface area (Å²) in [6.07, 6.45) is 5.62. The maximum Gasteiger partial charge on any atom is 0.225 e. The van der Waals surface area contributed by atoms with E-state index in [1.165, 1.54) is 0 Å². The van der Waals surface area contributed by atoms with Crippen LogP contribution < -0.4 is 5.43 Å². The summed E-state index contributed by atoms with van der Waals surface area (Å²) in [5.41, 5.74) is 4.08. The lowest BCUT2D eigenvalue weighted by molar-refractivity contribution is -0.132. The number of anilines is 1. The highest BCUT2D eigenvalue weighted by Crippen LogP contribution is 2.31. The molecule has 2 fully saturated rings. The van der Waals surface area contributed by atoms with E-state index in [-0.39, 0.29) is 0 Å². The van der Waals surface area contributed by atoms with Gasteiger partial charge in [0.2, 0.25) is 5.91 Å². The van der Waals surface area contributed by atoms with Gasteiger partial charge in [-0.25, -0.2) is 4.98 Å². The molecule has 0 unspecified atom stereocenters. The molecule has 1 aliphatic heterocycles. The molecule has 19 heavy (non-hydrogen) atoms. The third kappa shape index (κ3) is 3.10. The predicted octanol–water partition coefficient (Wildman–Crippen LogP) is 1.88. The summed E-state index contributed by atoms with van der Waals surface area (Å²) in [7, 11) is 0. The fourth-order valence-electron chi connectivity index (χ4n) is 2.25. The largest absolute Gasteiger partial charge is 0.342 e. The first-order valence-electron chi connectivity index (χ1n) is 6.84. The Morgan fingerprint density at radius 3 is 2.74 bits per heavy atom. The molecule has 1 N–H and O–H groups in total. The second kappa shape index (κ2) is 5.38. The molecular weight excluding hydrogens is 240 g/mol. The molecule has 3 rings (SSSR count). The van der Waals surface area contributed by atoms with E-state index in [1.807, 2.05) is 23.1 Å². The molecule has 5 nitrogen and oxygen atoms in total. The van der Waals surface area contributed by atoms with Crippen molar-refractivity contribution in [2.45, 2.75) is 25.7 Å². The highest BCUT2D eigenvalue weighted by atomic mass is 16.2. The quantitative estimate of drug-likeness (QED) is 0.842. The molecule has 0 aromatic carbocycles. The van der Waals surface area contributed by atoms with E-state index in [9.17, 15) is 4.79 Å². The molecule has 0 radical (unpaired) electrons. The molecule has 2 aliphatic rings. The van der Waals surface area contributed by atoms with Crippen molar-refractivity contribution in [3.8, 4) is 0 Å². The van der Waals surface area contributed by atoms with Crippen molar-refractivity contribution >= 4 is 17.4 Å². The average Bonchev–Trinajstić information content (AvgIpc) is 3.31. The van der Waals surface area contributed by atoms with Gasteiger partial charge in [0.1, 0.15) is 5.82 Å². The maximum absolute atomic E-state index is 11.9. The number of likely N-dealkylation sites (tertiary alicyclic amines) is 1. The van der Waals surface area contributed by atoms with Crippen molar-refractivity contribution in [2.24, 2.45) is 11.0 Å². The van der Waals surface area contributed by atoms with Gasteiger partial charge in [-0.2, -0.15) is 5.10 Å². The standard InChI is InChI=1S/C14H18N4O/c19-14(11-4-5-11)18-9-6-12(7-10-18)16-17-13-3-1-2-8-15-13/h1-3,8,11H,4-7,9-10H2,(H,15,17). The first kappa shape index (κ1) is 12.1. The molecule has 100 valence electrons. The first-order valence-corrected chi connectivity index (χ1v) is 6.84. The fraction of sp³-hybridized carbons (Fsp3) is 0.500. The first-order chi connectivity index (χ1) is 9.33. The van der Waals surface area contributed by atoms with Gasteiger partial charge in [0.25, 0.3) is 0 Å². The van der Waals surface area contributed by atoms with Gasteiger partial charge in [-0.1, -0.05) is 6.07 Å². The molecule has 0 spiro atoms. The van der Waals surface area contributed by atoms with Gasteiger partial charge in [0.15, 0.2) is 0 Å². The third-order valence-corrected chi connectivity index (χ3v) is 3.57. The summed E-state index contributed by atoms with van der Waals surface area (Å²) in [6.45, 7) is 1.61. The summed E-state index contributed by atoms with van der Waals surface area (Å²) in [4.78, 5) is 18.0. The van der Waals surface area contributed by atoms with Gasteiger partial charge in [-0.05, 0) is 25.0 Å². The summed E-state index contributed by atoms with van der Waals surface area (Å²) in [6, 6.07) is 5.68. The van der Waals surface area contributed by atoms with Crippen LogP contribution in [-0.4, -0.2) is 34.6 Å². The van der Waals surface area contributed by atoms with Gasteiger partial charge in [0.05, 0.1) is 0 Å². The van der Waals surface area contributed by atoms with E-state index in [0.717, 1.165) is 50.3 Å². The van der Waals surface area contributed by atoms with Crippen LogP contribution in [0.5, 0.6) is 0 Å². The summed E-state index contributed by atoms with van der Waals surface area (Å²) < 4.78 is 0. The number of nitrogens with one attached hydrogen (secondary N) is 1. The second-order valence-electron chi connectivity index (χ2n) is 5.10. The zero-order valence-corrected chi connectivity index (χ0v) is 10.9. The molecule has 1 amide bonds. The normalized spacial score (nSPS) is 19.2. The summed E-state index contributed by atoms with van der Waals surface area (Å²) in [5, 5.41) is 4.37. The molecule has 0 bridgehead atoms. The Bertz CT molecular complexity index is 471. The lowest BCUT2D eigenvalue weighted by atomic mass is 10.1. The van der Waals surface area contributed by atoms with Gasteiger partial charge in [0, 0.05) is 43.8 Å². The van der Waals surface area contributed by atoms with Crippen molar-refractivity contribution in [1.82, 2.24) is 9.88 Å². The molecular formula is C14H18N4O. The van der Waals surface area contributed by atoms with Crippen molar-refractivity contribution in [1.29, 1.82) is 0 Å². The third-order valence-electron chi connectivity index (χ3n) is 3.57. The van der Waals surface area contributed by atoms with E-state index in [2.05, 4.69) is 15.5 Å². The minimum Gasteiger partial charge on any atom is -0.342 e. The number of carbonyl (C=O) groups is 1. The number of hydrazone groups is 1. The van der Waals surface area contributed by atoms with Gasteiger partial charge >= 0.3 is 0 Å². The summed E-state index contributed by atoms with van der Waals surface area (Å²) in [5.74, 6) is 1.42. The Labute approximate surface area is 112 Å². The van der Waals surface area contributed by atoms with Crippen molar-refractivity contribution < 1.29 is 4.79 Å². The van der Waals surface area contributed by atoms with E-state index in [4.69, 9.17) is 0 Å². The van der Waals surface area contributed by atoms with Crippen LogP contribution >= 0.6 is 0 Å². The molecule has 1 saturated heterocycles. The van der Waals surface area contributed by atoms with Crippen molar-refractivity contribution in [3.05, 3.63) is 24.4 Å². The Balaban J connectivity index is 1.50. The lowest BCUT2D eigenvalue weighted by Gasteiger charge is -2.27. The van der Waals surface area contributed by atoms with Crippen molar-refractivity contribution in [3.63, 3.8) is 0 Å². The van der Waals surface area contributed by atoms with Gasteiger partial charge in [-0.15, -0.1) is 0 Å². The number of amides is 1. The zero-order valence-electron chi connectivity index (χ0n) is 10.9. The number of pyridine rings is 1. The number of hydrogen-bond acceptors (Lipinski definition) is 4. The number of nitrogens with zero attached hydrogens (tertiary/aromatic N) is 3. The van der Waals surface area contributed by atoms with E-state index >= 15 is 0 Å². The second-order valence-corrected chi connectivity index (χ2v) is 5.10. The SMILES string of the molecule is O=C(C1CC1)N1CCC(=NNc2ccccn2)CC1. The predicted molar refractivity (Wildman–Crippen MR) is 73.8 cm³/mol. The maximum atomic E-state index is 11.9. The van der Waals surface area contributed by atoms with Gasteiger partial charge < -0.3 is 4.90 Å². The number of piperidine rings is 1. The fourth-order valence-corrected chi connectivity index (χ4v) is 2.25. The smallest absolute Gasteiger partial charge is 0.225 e. The van der Waals surface area contributed by atoms with Crippen LogP contribution in [0.1, 0.15) is 25.7 Å². The Morgan fingerprint density at radius 1 is 1.32 bits per heavy atom. The van der Waals surface area contributed by atoms with Crippen LogP contribution in [-0.2, 0) is 4.79 Å². The van der Waals surface area contributed by atoms with Gasteiger partial charge in [-0.3, -0.25) is 10.2 Å². The molecule has 0 atom stereocenters. The van der Waals surface area contributed by atoms with E-state index < -0.39 is 0 Å². The monoisotopic (exact) mass is 258 g/mol. The van der Waals surface area contributed by atoms with Crippen LogP contribution in [0.25, 0.3) is 0 Å². The molecule has 5 heteroatoms. The highest BCUT2D eigenvalue weighted by molar-refractivity contribution is 5.89. The van der Waals surface area contributed by atoms with Crippen LogP contribution in [0.15, 0.2) is 29.5 Å². The van der Waals surface area contributed by atoms with Crippen LogP contribution in [0.2, 0.25) is 0 Å². The minimum atomic E-state index is 0.324. The zero-order chi connectivity index (χ0) is 13.1. The van der Waals surface area contributed by atoms with Crippen molar-refractivity contribution in [2.75, 3.05) is 18.5 Å². The number of carbonyl (C=O) groups excluding carboxylic acids is 1. The number of aromatic nitrogens is 1. The van der Waals surface area contributed by atoms with E-state index in [1.54, 1.807) is 6.20 Å². The van der Waals surface area contributed by atoms with E-state index in [0.29, 0.717) is 11.8 Å². The minimum absolute atomic E-state index is 0.324. The Hall–Kier alpha value is -1.91. The highest BCUT2D eigenvalue weighted by Gasteiger charge is 2.34. The van der Waals surface area contributed by atoms with Crippen LogP contribution in [0, 0.1) is 5.92 Å². The Kier molecular flexibility index (Phi) is 3.44. The number of rotatable bonds is 3. The molecule has 1 saturated carbocycles. The molecule has 1 aromatic heterocycles. The number of hydrogen-bond donors (Lipinski definition) is 1. The topological polar surface area (TPSA) is 57.6 Å². The average molecular weight is 258 g/mol. The molecule has 1 aromatic rings. The molecule has 2 heterocycles. The van der Waals surface area contributed by atoms with Crippen LogP contribution in [0.4, 0.5) is 5.82 Å².